The van der Waals surface area contributed by atoms with Crippen LogP contribution in [-0.2, 0) is 4.79 Å². The number of rotatable bonds is 4. The molecular weight excluding hydrogens is 356 g/mol. The molecule has 0 aliphatic heterocycles. The Kier molecular flexibility index (Phi) is 7.11. The van der Waals surface area contributed by atoms with Gasteiger partial charge >= 0.3 is 5.97 Å². The van der Waals surface area contributed by atoms with Gasteiger partial charge in [-0.1, -0.05) is 48.0 Å². The van der Waals surface area contributed by atoms with Crippen LogP contribution in [0.2, 0.25) is 0 Å². The molecule has 0 heterocycles. The molecule has 29 heavy (non-hydrogen) atoms. The summed E-state index contributed by atoms with van der Waals surface area (Å²) >= 11 is 0. The van der Waals surface area contributed by atoms with Crippen molar-refractivity contribution >= 4 is 5.97 Å². The molecule has 1 N–H and O–H groups in total. The molecule has 0 aromatic rings. The third-order valence-corrected chi connectivity index (χ3v) is 10.5. The number of carboxylic acid groups (broad SMARTS) is 1. The lowest BCUT2D eigenvalue weighted by atomic mass is 9.44. The molecule has 4 aliphatic rings. The van der Waals surface area contributed by atoms with Gasteiger partial charge in [0.05, 0.1) is 0 Å². The number of hydrogen-bond acceptors (Lipinski definition) is 1. The van der Waals surface area contributed by atoms with E-state index in [1.165, 1.54) is 57.8 Å². The molecule has 0 amide bonds. The summed E-state index contributed by atoms with van der Waals surface area (Å²) in [5, 5.41) is 9.11. The van der Waals surface area contributed by atoms with Crippen molar-refractivity contribution in [1.82, 2.24) is 0 Å². The first-order valence-electron chi connectivity index (χ1n) is 13.0. The lowest BCUT2D eigenvalue weighted by Crippen LogP contribution is -2.53. The van der Waals surface area contributed by atoms with E-state index in [-0.39, 0.29) is 0 Å². The molecule has 2 heteroatoms. The average Bonchev–Trinajstić information content (AvgIpc) is 3.05. The van der Waals surface area contributed by atoms with E-state index in [1.807, 2.05) is 13.8 Å². The van der Waals surface area contributed by atoms with Gasteiger partial charge in [-0.05, 0) is 110 Å². The monoisotopic (exact) mass is 404 g/mol. The van der Waals surface area contributed by atoms with Crippen LogP contribution in [-0.4, -0.2) is 11.1 Å². The van der Waals surface area contributed by atoms with Gasteiger partial charge in [-0.15, -0.1) is 0 Å². The van der Waals surface area contributed by atoms with Gasteiger partial charge in [-0.3, -0.25) is 4.79 Å². The topological polar surface area (TPSA) is 37.3 Å². The molecule has 4 rings (SSSR count). The SMILES string of the molecule is CC.CC1CCC2(C)C(CCC3C2CCC2(C)C(C(C)CCC(=O)O)CCC32)C1. The van der Waals surface area contributed by atoms with Crippen molar-refractivity contribution in [2.24, 2.45) is 52.3 Å². The molecule has 9 atom stereocenters. The summed E-state index contributed by atoms with van der Waals surface area (Å²) in [5.41, 5.74) is 1.09. The van der Waals surface area contributed by atoms with Crippen molar-refractivity contribution in [2.75, 3.05) is 0 Å². The Bertz CT molecular complexity index is 571. The fourth-order valence-electron chi connectivity index (χ4n) is 9.00. The number of hydrogen-bond donors (Lipinski definition) is 1. The minimum absolute atomic E-state index is 0.350. The maximum atomic E-state index is 11.1. The van der Waals surface area contributed by atoms with Crippen molar-refractivity contribution in [3.05, 3.63) is 0 Å². The molecule has 0 radical (unpaired) electrons. The molecule has 168 valence electrons. The van der Waals surface area contributed by atoms with Crippen molar-refractivity contribution in [3.63, 3.8) is 0 Å². The molecule has 0 bridgehead atoms. The van der Waals surface area contributed by atoms with Crippen LogP contribution in [0.25, 0.3) is 0 Å². The second-order valence-electron chi connectivity index (χ2n) is 11.7. The number of fused-ring (bicyclic) bond motifs is 5. The fourth-order valence-corrected chi connectivity index (χ4v) is 9.00. The van der Waals surface area contributed by atoms with Crippen LogP contribution in [0.1, 0.15) is 112 Å². The van der Waals surface area contributed by atoms with E-state index in [1.54, 1.807) is 0 Å². The second kappa shape index (κ2) is 8.91. The van der Waals surface area contributed by atoms with Crippen LogP contribution in [0, 0.1) is 52.3 Å². The van der Waals surface area contributed by atoms with Crippen LogP contribution < -0.4 is 0 Å². The van der Waals surface area contributed by atoms with E-state index in [9.17, 15) is 4.79 Å². The number of aliphatic carboxylic acids is 1. The smallest absolute Gasteiger partial charge is 0.303 e. The lowest BCUT2D eigenvalue weighted by molar-refractivity contribution is -0.137. The highest BCUT2D eigenvalue weighted by molar-refractivity contribution is 5.66. The van der Waals surface area contributed by atoms with Gasteiger partial charge in [0.15, 0.2) is 0 Å². The Labute approximate surface area is 180 Å². The van der Waals surface area contributed by atoms with Crippen LogP contribution in [0.15, 0.2) is 0 Å². The summed E-state index contributed by atoms with van der Waals surface area (Å²) in [6.07, 6.45) is 14.2. The van der Waals surface area contributed by atoms with Gasteiger partial charge in [0.2, 0.25) is 0 Å². The zero-order valence-corrected chi connectivity index (χ0v) is 20.2. The van der Waals surface area contributed by atoms with Gasteiger partial charge in [0.1, 0.15) is 0 Å². The molecule has 0 spiro atoms. The maximum absolute atomic E-state index is 11.1. The Balaban J connectivity index is 0.00000117. The van der Waals surface area contributed by atoms with E-state index < -0.39 is 5.97 Å². The van der Waals surface area contributed by atoms with Gasteiger partial charge in [-0.25, -0.2) is 0 Å². The van der Waals surface area contributed by atoms with Gasteiger partial charge < -0.3 is 5.11 Å². The molecule has 4 fully saturated rings. The molecular formula is C27H48O2. The van der Waals surface area contributed by atoms with Crippen LogP contribution in [0.3, 0.4) is 0 Å². The van der Waals surface area contributed by atoms with Crippen molar-refractivity contribution in [2.45, 2.75) is 112 Å². The highest BCUT2D eigenvalue weighted by atomic mass is 16.4. The lowest BCUT2D eigenvalue weighted by Gasteiger charge is -2.61. The molecule has 0 saturated heterocycles. The fraction of sp³-hybridized carbons (Fsp3) is 0.963. The van der Waals surface area contributed by atoms with Gasteiger partial charge in [0, 0.05) is 6.42 Å². The zero-order chi connectivity index (χ0) is 21.4. The molecule has 4 saturated carbocycles. The standard InChI is InChI=1S/C25H42O2.C2H6/c1-16-11-13-24(3)18(15-16)6-7-19-21-9-8-20(17(2)5-10-23(26)27)25(21,4)14-12-22(19)24;1-2/h16-22H,5-15H2,1-4H3,(H,26,27);1-2H3. The Morgan fingerprint density at radius 2 is 1.62 bits per heavy atom. The first-order valence-corrected chi connectivity index (χ1v) is 13.0. The van der Waals surface area contributed by atoms with E-state index in [0.717, 1.165) is 41.9 Å². The molecule has 0 aromatic carbocycles. The van der Waals surface area contributed by atoms with E-state index in [4.69, 9.17) is 5.11 Å². The van der Waals surface area contributed by atoms with Crippen molar-refractivity contribution in [1.29, 1.82) is 0 Å². The highest BCUT2D eigenvalue weighted by Gasteiger charge is 2.60. The second-order valence-corrected chi connectivity index (χ2v) is 11.7. The van der Waals surface area contributed by atoms with Crippen LogP contribution in [0.4, 0.5) is 0 Å². The van der Waals surface area contributed by atoms with E-state index >= 15 is 0 Å². The van der Waals surface area contributed by atoms with Gasteiger partial charge in [-0.2, -0.15) is 0 Å². The highest BCUT2D eigenvalue weighted by Crippen LogP contribution is 2.68. The first kappa shape index (κ1) is 23.1. The summed E-state index contributed by atoms with van der Waals surface area (Å²) < 4.78 is 0. The van der Waals surface area contributed by atoms with Crippen molar-refractivity contribution in [3.8, 4) is 0 Å². The molecule has 2 nitrogen and oxygen atoms in total. The van der Waals surface area contributed by atoms with E-state index in [2.05, 4.69) is 27.7 Å². The summed E-state index contributed by atoms with van der Waals surface area (Å²) in [7, 11) is 0. The quantitative estimate of drug-likeness (QED) is 0.519. The normalized spacial score (nSPS) is 47.1. The van der Waals surface area contributed by atoms with Crippen LogP contribution in [0.5, 0.6) is 0 Å². The predicted molar refractivity (Wildman–Crippen MR) is 122 cm³/mol. The van der Waals surface area contributed by atoms with E-state index in [0.29, 0.717) is 23.2 Å². The minimum Gasteiger partial charge on any atom is -0.481 e. The Morgan fingerprint density at radius 3 is 2.31 bits per heavy atom. The predicted octanol–water partition coefficient (Wildman–Crippen LogP) is 7.81. The van der Waals surface area contributed by atoms with Crippen molar-refractivity contribution < 1.29 is 9.90 Å². The average molecular weight is 405 g/mol. The molecule has 4 aliphatic carbocycles. The zero-order valence-electron chi connectivity index (χ0n) is 20.2. The number of carbonyl (C=O) groups is 1. The molecule has 9 unspecified atom stereocenters. The largest absolute Gasteiger partial charge is 0.481 e. The summed E-state index contributed by atoms with van der Waals surface area (Å²) in [6, 6.07) is 0. The third-order valence-electron chi connectivity index (χ3n) is 10.5. The van der Waals surface area contributed by atoms with Crippen LogP contribution >= 0.6 is 0 Å². The number of carboxylic acids is 1. The summed E-state index contributed by atoms with van der Waals surface area (Å²) in [4.78, 5) is 11.1. The first-order chi connectivity index (χ1) is 13.8. The molecule has 0 aromatic heterocycles. The summed E-state index contributed by atoms with van der Waals surface area (Å²) in [5.74, 6) is 5.45. The van der Waals surface area contributed by atoms with Gasteiger partial charge in [0.25, 0.3) is 0 Å². The maximum Gasteiger partial charge on any atom is 0.303 e. The Hall–Kier alpha value is -0.530. The summed E-state index contributed by atoms with van der Waals surface area (Å²) in [6.45, 7) is 14.1. The minimum atomic E-state index is -0.622. The third kappa shape index (κ3) is 4.03. The Morgan fingerprint density at radius 1 is 0.966 bits per heavy atom.